The summed E-state index contributed by atoms with van der Waals surface area (Å²) in [5, 5.41) is 6.77. The zero-order chi connectivity index (χ0) is 14.4. The van der Waals surface area contributed by atoms with Crippen molar-refractivity contribution in [2.45, 2.75) is 33.2 Å². The predicted octanol–water partition coefficient (Wildman–Crippen LogP) is 4.30. The van der Waals surface area contributed by atoms with Gasteiger partial charge in [0.05, 0.1) is 10.3 Å². The van der Waals surface area contributed by atoms with Crippen molar-refractivity contribution in [2.75, 3.05) is 17.2 Å². The van der Waals surface area contributed by atoms with Crippen molar-refractivity contribution in [3.63, 3.8) is 0 Å². The molecule has 0 bridgehead atoms. The second-order valence-electron chi connectivity index (χ2n) is 4.39. The second kappa shape index (κ2) is 7.59. The van der Waals surface area contributed by atoms with Crippen molar-refractivity contribution in [1.82, 2.24) is 9.97 Å². The molecule has 2 aromatic heterocycles. The lowest BCUT2D eigenvalue weighted by Gasteiger charge is -2.13. The molecule has 0 unspecified atom stereocenters. The van der Waals surface area contributed by atoms with Crippen LogP contribution in [0.3, 0.4) is 0 Å². The Kier molecular flexibility index (Phi) is 5.79. The van der Waals surface area contributed by atoms with Crippen molar-refractivity contribution in [3.05, 3.63) is 32.7 Å². The molecule has 108 valence electrons. The van der Waals surface area contributed by atoms with Crippen LogP contribution < -0.4 is 10.6 Å². The summed E-state index contributed by atoms with van der Waals surface area (Å²) in [5.74, 6) is 1.87. The van der Waals surface area contributed by atoms with Gasteiger partial charge in [-0.25, -0.2) is 9.97 Å². The van der Waals surface area contributed by atoms with Gasteiger partial charge in [-0.3, -0.25) is 0 Å². The summed E-state index contributed by atoms with van der Waals surface area (Å²) in [5.41, 5.74) is 1.15. The highest BCUT2D eigenvalue weighted by atomic mass is 79.9. The van der Waals surface area contributed by atoms with Crippen molar-refractivity contribution in [2.24, 2.45) is 0 Å². The smallest absolute Gasteiger partial charge is 0.135 e. The number of anilines is 2. The summed E-state index contributed by atoms with van der Waals surface area (Å²) in [7, 11) is 0. The Morgan fingerprint density at radius 1 is 1.15 bits per heavy atom. The quantitative estimate of drug-likeness (QED) is 0.778. The number of rotatable bonds is 7. The summed E-state index contributed by atoms with van der Waals surface area (Å²) >= 11 is 5.22. The molecule has 0 aliphatic heterocycles. The minimum absolute atomic E-state index is 0.785. The molecule has 0 amide bonds. The van der Waals surface area contributed by atoms with Gasteiger partial charge in [-0.1, -0.05) is 13.8 Å². The van der Waals surface area contributed by atoms with Gasteiger partial charge < -0.3 is 10.6 Å². The van der Waals surface area contributed by atoms with Gasteiger partial charge >= 0.3 is 0 Å². The number of halogens is 1. The highest BCUT2D eigenvalue weighted by molar-refractivity contribution is 9.11. The molecule has 6 heteroatoms. The first kappa shape index (κ1) is 15.3. The number of hydrogen-bond donors (Lipinski definition) is 2. The maximum Gasteiger partial charge on any atom is 0.135 e. The van der Waals surface area contributed by atoms with Crippen LogP contribution in [0.5, 0.6) is 0 Å². The van der Waals surface area contributed by atoms with Gasteiger partial charge in [-0.2, -0.15) is 0 Å². The van der Waals surface area contributed by atoms with Crippen LogP contribution in [0.2, 0.25) is 0 Å². The zero-order valence-corrected chi connectivity index (χ0v) is 14.1. The lowest BCUT2D eigenvalue weighted by molar-refractivity contribution is 0.945. The molecule has 4 nitrogen and oxygen atoms in total. The van der Waals surface area contributed by atoms with E-state index < -0.39 is 0 Å². The van der Waals surface area contributed by atoms with Crippen molar-refractivity contribution >= 4 is 38.9 Å². The molecular formula is C14H19BrN4S. The van der Waals surface area contributed by atoms with Crippen LogP contribution in [0.25, 0.3) is 0 Å². The normalized spacial score (nSPS) is 10.6. The highest BCUT2D eigenvalue weighted by Gasteiger charge is 2.09. The molecule has 0 saturated heterocycles. The van der Waals surface area contributed by atoms with E-state index in [1.54, 1.807) is 17.7 Å². The van der Waals surface area contributed by atoms with Gasteiger partial charge in [0.15, 0.2) is 0 Å². The summed E-state index contributed by atoms with van der Waals surface area (Å²) in [6.45, 7) is 5.99. The van der Waals surface area contributed by atoms with Gasteiger partial charge in [0.1, 0.15) is 18.0 Å². The van der Waals surface area contributed by atoms with E-state index in [2.05, 4.69) is 62.5 Å². The van der Waals surface area contributed by atoms with Gasteiger partial charge in [0.2, 0.25) is 0 Å². The molecule has 2 aromatic rings. The van der Waals surface area contributed by atoms with Crippen LogP contribution >= 0.6 is 27.3 Å². The first-order valence-electron chi connectivity index (χ1n) is 6.80. The summed E-state index contributed by atoms with van der Waals surface area (Å²) in [4.78, 5) is 9.99. The Morgan fingerprint density at radius 2 is 1.90 bits per heavy atom. The molecule has 2 rings (SSSR count). The molecular weight excluding hydrogens is 336 g/mol. The van der Waals surface area contributed by atoms with Crippen LogP contribution in [0.15, 0.2) is 22.2 Å². The second-order valence-corrected chi connectivity index (χ2v) is 6.94. The van der Waals surface area contributed by atoms with Crippen LogP contribution in [0, 0.1) is 0 Å². The number of hydrogen-bond acceptors (Lipinski definition) is 5. The van der Waals surface area contributed by atoms with Crippen molar-refractivity contribution in [3.8, 4) is 0 Å². The Bertz CT molecular complexity index is 556. The molecule has 2 N–H and O–H groups in total. The van der Waals surface area contributed by atoms with Crippen molar-refractivity contribution < 1.29 is 0 Å². The summed E-state index contributed by atoms with van der Waals surface area (Å²) in [6.07, 6.45) is 3.60. The Hall–Kier alpha value is -1.14. The fourth-order valence-corrected chi connectivity index (χ4v) is 3.34. The monoisotopic (exact) mass is 354 g/mol. The Labute approximate surface area is 132 Å². The molecule has 0 aliphatic carbocycles. The molecule has 0 radical (unpaired) electrons. The average molecular weight is 355 g/mol. The maximum atomic E-state index is 4.37. The topological polar surface area (TPSA) is 49.8 Å². The molecule has 0 fully saturated rings. The van der Waals surface area contributed by atoms with E-state index in [-0.39, 0.29) is 0 Å². The van der Waals surface area contributed by atoms with Crippen LogP contribution in [-0.4, -0.2) is 16.5 Å². The molecule has 0 spiro atoms. The van der Waals surface area contributed by atoms with E-state index in [0.717, 1.165) is 46.9 Å². The van der Waals surface area contributed by atoms with E-state index in [9.17, 15) is 0 Å². The lowest BCUT2D eigenvalue weighted by Crippen LogP contribution is -2.10. The Balaban J connectivity index is 2.10. The number of aromatic nitrogens is 2. The van der Waals surface area contributed by atoms with Gasteiger partial charge in [-0.05, 0) is 40.9 Å². The average Bonchev–Trinajstić information content (AvgIpc) is 2.88. The third-order valence-corrected chi connectivity index (χ3v) is 4.52. The molecule has 0 aromatic carbocycles. The number of nitrogens with zero attached hydrogens (tertiary/aromatic N) is 2. The lowest BCUT2D eigenvalue weighted by atomic mass is 10.2. The largest absolute Gasteiger partial charge is 0.370 e. The molecule has 0 atom stereocenters. The van der Waals surface area contributed by atoms with E-state index in [1.165, 1.54) is 4.88 Å². The van der Waals surface area contributed by atoms with E-state index in [1.807, 2.05) is 0 Å². The fraction of sp³-hybridized carbons (Fsp3) is 0.429. The first-order valence-corrected chi connectivity index (χ1v) is 8.41. The number of thiophene rings is 1. The van der Waals surface area contributed by atoms with Crippen LogP contribution in [0.1, 0.15) is 30.7 Å². The van der Waals surface area contributed by atoms with Crippen molar-refractivity contribution in [1.29, 1.82) is 0 Å². The minimum atomic E-state index is 0.785. The summed E-state index contributed by atoms with van der Waals surface area (Å²) in [6, 6.07) is 4.18. The van der Waals surface area contributed by atoms with E-state index in [4.69, 9.17) is 0 Å². The maximum absolute atomic E-state index is 4.37. The Morgan fingerprint density at radius 3 is 2.50 bits per heavy atom. The van der Waals surface area contributed by atoms with E-state index in [0.29, 0.717) is 0 Å². The van der Waals surface area contributed by atoms with E-state index >= 15 is 0 Å². The van der Waals surface area contributed by atoms with Gasteiger partial charge in [-0.15, -0.1) is 11.3 Å². The van der Waals surface area contributed by atoms with Gasteiger partial charge in [0, 0.05) is 17.0 Å². The molecule has 0 aliphatic rings. The highest BCUT2D eigenvalue weighted by Crippen LogP contribution is 2.25. The predicted molar refractivity (Wildman–Crippen MR) is 89.5 cm³/mol. The van der Waals surface area contributed by atoms with Crippen LogP contribution in [0.4, 0.5) is 11.6 Å². The molecule has 2 heterocycles. The first-order chi connectivity index (χ1) is 9.74. The molecule has 0 saturated carbocycles. The number of nitrogens with one attached hydrogen (secondary N) is 2. The SMILES string of the molecule is CCCNc1ncnc(NCc2ccc(Br)s2)c1CC. The standard InChI is InChI=1S/C14H19BrN4S/c1-3-7-16-13-11(4-2)14(19-9-18-13)17-8-10-5-6-12(15)20-10/h5-6,9H,3-4,7-8H2,1-2H3,(H2,16,17,18,19). The summed E-state index contributed by atoms with van der Waals surface area (Å²) < 4.78 is 1.15. The minimum Gasteiger partial charge on any atom is -0.370 e. The fourth-order valence-electron chi connectivity index (χ4n) is 1.91. The zero-order valence-electron chi connectivity index (χ0n) is 11.7. The molecule has 20 heavy (non-hydrogen) atoms. The third kappa shape index (κ3) is 3.93. The third-order valence-electron chi connectivity index (χ3n) is 2.90. The van der Waals surface area contributed by atoms with Gasteiger partial charge in [0.25, 0.3) is 0 Å². The van der Waals surface area contributed by atoms with Crippen LogP contribution in [-0.2, 0) is 13.0 Å².